The van der Waals surface area contributed by atoms with Crippen LogP contribution in [0.2, 0.25) is 0 Å². The van der Waals surface area contributed by atoms with Gasteiger partial charge in [0.05, 0.1) is 0 Å². The zero-order valence-electron chi connectivity index (χ0n) is 21.7. The first kappa shape index (κ1) is 23.8. The number of benzene rings is 3. The van der Waals surface area contributed by atoms with Gasteiger partial charge in [-0.1, -0.05) is 42.5 Å². The highest BCUT2D eigenvalue weighted by Gasteiger charge is 2.60. The number of hydrogen-bond donors (Lipinski definition) is 3. The molecule has 3 aromatic rings. The molecular formula is C31H34N4O3. The lowest BCUT2D eigenvalue weighted by Crippen LogP contribution is -2.57. The van der Waals surface area contributed by atoms with E-state index in [2.05, 4.69) is 66.8 Å². The van der Waals surface area contributed by atoms with Crippen LogP contribution in [0.4, 0.5) is 0 Å². The second-order valence-corrected chi connectivity index (χ2v) is 11.9. The van der Waals surface area contributed by atoms with Gasteiger partial charge >= 0.3 is 0 Å². The van der Waals surface area contributed by atoms with Crippen LogP contribution in [0.5, 0.6) is 0 Å². The first-order valence-corrected chi connectivity index (χ1v) is 13.7. The number of nitrogens with one attached hydrogen (secondary N) is 1. The molecule has 7 rings (SSSR count). The number of rotatable bonds is 6. The van der Waals surface area contributed by atoms with Crippen LogP contribution in [0.25, 0.3) is 21.9 Å². The van der Waals surface area contributed by atoms with Crippen molar-refractivity contribution in [2.45, 2.75) is 56.5 Å². The summed E-state index contributed by atoms with van der Waals surface area (Å²) in [7, 11) is 0. The molecule has 2 saturated carbocycles. The predicted molar refractivity (Wildman–Crippen MR) is 146 cm³/mol. The zero-order chi connectivity index (χ0) is 26.2. The minimum Gasteiger partial charge on any atom is -0.380 e. The fraction of sp³-hybridized carbons (Fsp3) is 0.419. The van der Waals surface area contributed by atoms with Gasteiger partial charge in [0.2, 0.25) is 5.91 Å². The maximum Gasteiger partial charge on any atom is 0.254 e. The lowest BCUT2D eigenvalue weighted by atomic mass is 9.95. The van der Waals surface area contributed by atoms with Crippen molar-refractivity contribution in [1.82, 2.24) is 15.1 Å². The van der Waals surface area contributed by atoms with Crippen molar-refractivity contribution >= 4 is 22.6 Å². The molecule has 2 heterocycles. The molecule has 2 aliphatic carbocycles. The van der Waals surface area contributed by atoms with Crippen molar-refractivity contribution in [1.29, 1.82) is 0 Å². The second-order valence-electron chi connectivity index (χ2n) is 11.9. The minimum atomic E-state index is -1.12. The molecule has 1 unspecified atom stereocenters. The molecule has 38 heavy (non-hydrogen) atoms. The number of nitrogens with two attached hydrogens (primary N) is 1. The average Bonchev–Trinajstić information content (AvgIpc) is 3.82. The van der Waals surface area contributed by atoms with Gasteiger partial charge in [-0.05, 0) is 83.3 Å². The molecule has 3 aromatic carbocycles. The van der Waals surface area contributed by atoms with Gasteiger partial charge in [0.25, 0.3) is 5.91 Å². The van der Waals surface area contributed by atoms with Gasteiger partial charge in [0.1, 0.15) is 17.3 Å². The standard InChI is InChI=1S/C31H34N4O3/c1-19-12-22(25-5-4-23-13-20(15-32)2-3-24(23)14-25)6-7-26(19)27-33-30(8-9-30)28(36)35(27)18-21-16-34(17-21)29(37)31(38)10-11-31/h2-7,12-14,21,27,33,38H,8-11,15-18,32H2,1H3. The zero-order valence-corrected chi connectivity index (χ0v) is 21.7. The Balaban J connectivity index is 1.11. The molecule has 2 amide bonds. The summed E-state index contributed by atoms with van der Waals surface area (Å²) in [6.07, 6.45) is 2.72. The Bertz CT molecular complexity index is 1470. The smallest absolute Gasteiger partial charge is 0.254 e. The molecule has 2 aliphatic heterocycles. The minimum absolute atomic E-state index is 0.144. The average molecular weight is 511 g/mol. The normalized spacial score (nSPS) is 23.2. The van der Waals surface area contributed by atoms with Crippen molar-refractivity contribution in [3.8, 4) is 11.1 Å². The molecule has 1 spiro atoms. The van der Waals surface area contributed by atoms with Crippen molar-refractivity contribution in [2.75, 3.05) is 19.6 Å². The summed E-state index contributed by atoms with van der Waals surface area (Å²) in [6, 6.07) is 19.4. The molecule has 196 valence electrons. The monoisotopic (exact) mass is 510 g/mol. The SMILES string of the molecule is Cc1cc(-c2ccc3cc(CN)ccc3c2)ccc1C1NC2(CC2)C(=O)N1CC1CN(C(=O)C2(O)CC2)C1. The van der Waals surface area contributed by atoms with Crippen LogP contribution >= 0.6 is 0 Å². The number of fused-ring (bicyclic) bond motifs is 1. The number of aliphatic hydroxyl groups is 1. The van der Waals surface area contributed by atoms with E-state index >= 15 is 0 Å². The van der Waals surface area contributed by atoms with Crippen LogP contribution in [0.1, 0.15) is 48.5 Å². The summed E-state index contributed by atoms with van der Waals surface area (Å²) in [5.41, 5.74) is 9.98. The third-order valence-electron chi connectivity index (χ3n) is 9.00. The van der Waals surface area contributed by atoms with Crippen LogP contribution in [0.15, 0.2) is 54.6 Å². The van der Waals surface area contributed by atoms with Crippen molar-refractivity contribution in [3.05, 3.63) is 71.3 Å². The largest absolute Gasteiger partial charge is 0.380 e. The fourth-order valence-electron chi connectivity index (χ4n) is 6.23. The van der Waals surface area contributed by atoms with E-state index in [4.69, 9.17) is 5.73 Å². The van der Waals surface area contributed by atoms with Gasteiger partial charge in [-0.25, -0.2) is 0 Å². The summed E-state index contributed by atoms with van der Waals surface area (Å²) in [4.78, 5) is 29.6. The first-order valence-electron chi connectivity index (χ1n) is 13.7. The van der Waals surface area contributed by atoms with Gasteiger partial charge < -0.3 is 20.6 Å². The fourth-order valence-corrected chi connectivity index (χ4v) is 6.23. The van der Waals surface area contributed by atoms with E-state index in [0.29, 0.717) is 39.0 Å². The van der Waals surface area contributed by atoms with Gasteiger partial charge in [-0.2, -0.15) is 0 Å². The van der Waals surface area contributed by atoms with E-state index in [0.717, 1.165) is 40.7 Å². The predicted octanol–water partition coefficient (Wildman–Crippen LogP) is 3.22. The van der Waals surface area contributed by atoms with E-state index in [1.54, 1.807) is 4.90 Å². The lowest BCUT2D eigenvalue weighted by Gasteiger charge is -2.42. The maximum absolute atomic E-state index is 13.4. The van der Waals surface area contributed by atoms with Crippen LogP contribution in [0.3, 0.4) is 0 Å². The summed E-state index contributed by atoms with van der Waals surface area (Å²) in [5, 5.41) is 16.2. The van der Waals surface area contributed by atoms with Crippen molar-refractivity contribution in [3.63, 3.8) is 0 Å². The number of likely N-dealkylation sites (tertiary alicyclic amines) is 1. The number of carbonyl (C=O) groups excluding carboxylic acids is 2. The van der Waals surface area contributed by atoms with Gasteiger partial charge in [0, 0.05) is 32.1 Å². The number of carbonyl (C=O) groups is 2. The van der Waals surface area contributed by atoms with Crippen LogP contribution < -0.4 is 11.1 Å². The molecule has 0 radical (unpaired) electrons. The van der Waals surface area contributed by atoms with E-state index in [1.807, 2.05) is 4.90 Å². The van der Waals surface area contributed by atoms with Crippen LogP contribution in [-0.2, 0) is 16.1 Å². The van der Waals surface area contributed by atoms with Crippen LogP contribution in [0, 0.1) is 12.8 Å². The molecule has 0 bridgehead atoms. The Morgan fingerprint density at radius 2 is 1.68 bits per heavy atom. The molecule has 4 N–H and O–H groups in total. The molecule has 4 aliphatic rings. The number of hydrogen-bond acceptors (Lipinski definition) is 5. The summed E-state index contributed by atoms with van der Waals surface area (Å²) >= 11 is 0. The Morgan fingerprint density at radius 3 is 2.37 bits per heavy atom. The topological polar surface area (TPSA) is 98.9 Å². The maximum atomic E-state index is 13.4. The summed E-state index contributed by atoms with van der Waals surface area (Å²) < 4.78 is 0. The first-order chi connectivity index (χ1) is 18.3. The highest BCUT2D eigenvalue weighted by Crippen LogP contribution is 2.47. The number of aryl methyl sites for hydroxylation is 1. The van der Waals surface area contributed by atoms with E-state index in [-0.39, 0.29) is 23.9 Å². The molecule has 7 nitrogen and oxygen atoms in total. The highest BCUT2D eigenvalue weighted by atomic mass is 16.3. The number of amides is 2. The van der Waals surface area contributed by atoms with Gasteiger partial charge in [-0.15, -0.1) is 0 Å². The van der Waals surface area contributed by atoms with E-state index < -0.39 is 11.1 Å². The summed E-state index contributed by atoms with van der Waals surface area (Å²) in [6.45, 7) is 4.50. The van der Waals surface area contributed by atoms with E-state index in [1.165, 1.54) is 10.8 Å². The third kappa shape index (κ3) is 3.83. The van der Waals surface area contributed by atoms with Crippen molar-refractivity contribution in [2.24, 2.45) is 11.7 Å². The molecule has 4 fully saturated rings. The molecule has 7 heteroatoms. The Kier molecular flexibility index (Phi) is 5.25. The quantitative estimate of drug-likeness (QED) is 0.473. The summed E-state index contributed by atoms with van der Waals surface area (Å²) in [5.74, 6) is 0.276. The molecule has 1 atom stereocenters. The Morgan fingerprint density at radius 1 is 1.00 bits per heavy atom. The highest BCUT2D eigenvalue weighted by molar-refractivity contribution is 5.92. The van der Waals surface area contributed by atoms with Gasteiger partial charge in [-0.3, -0.25) is 14.9 Å². The Labute approximate surface area is 222 Å². The second kappa shape index (κ2) is 8.37. The van der Waals surface area contributed by atoms with E-state index in [9.17, 15) is 14.7 Å². The Hall–Kier alpha value is -3.26. The molecule has 0 aromatic heterocycles. The van der Waals surface area contributed by atoms with Crippen LogP contribution in [-0.4, -0.2) is 57.5 Å². The molecular weight excluding hydrogens is 476 g/mol. The van der Waals surface area contributed by atoms with Gasteiger partial charge in [0.15, 0.2) is 0 Å². The number of nitrogens with zero attached hydrogens (tertiary/aromatic N) is 2. The molecule has 2 saturated heterocycles. The third-order valence-corrected chi connectivity index (χ3v) is 9.00. The van der Waals surface area contributed by atoms with Crippen molar-refractivity contribution < 1.29 is 14.7 Å². The lowest BCUT2D eigenvalue weighted by molar-refractivity contribution is -0.150.